The largest absolute Gasteiger partial charge is 0.424 e. The van der Waals surface area contributed by atoms with Crippen LogP contribution in [-0.4, -0.2) is 28.7 Å². The van der Waals surface area contributed by atoms with Crippen LogP contribution < -0.4 is 11.1 Å². The van der Waals surface area contributed by atoms with E-state index in [2.05, 4.69) is 10.3 Å². The Morgan fingerprint density at radius 2 is 1.63 bits per heavy atom. The number of rotatable bonds is 5. The van der Waals surface area contributed by atoms with Gasteiger partial charge in [0.05, 0.1) is 11.1 Å². The summed E-state index contributed by atoms with van der Waals surface area (Å²) in [5.74, 6) is -4.63. The number of pyridine rings is 1. The van der Waals surface area contributed by atoms with Crippen LogP contribution in [0.4, 0.5) is 26.3 Å². The number of alkyl halides is 3. The Balaban J connectivity index is 2.97. The first-order valence-corrected chi connectivity index (χ1v) is 8.59. The number of carbonyl (C=O) groups is 1. The standard InChI is InChI=1S/C19H19F6N3O2/c1-9(29)28-17(2,3)12-13(21)15(10-4-6-11(20)7-5-10)27-16(14(12)22)18(30,8-26)19(23,24)25/h4-7,30H,8,26H2,1-3H3,(H,28,29). The summed E-state index contributed by atoms with van der Waals surface area (Å²) in [4.78, 5) is 14.9. The first-order chi connectivity index (χ1) is 13.7. The zero-order chi connectivity index (χ0) is 23.1. The van der Waals surface area contributed by atoms with Gasteiger partial charge in [-0.15, -0.1) is 0 Å². The maximum Gasteiger partial charge on any atom is 0.424 e. The molecule has 2 rings (SSSR count). The third-order valence-electron chi connectivity index (χ3n) is 4.47. The van der Waals surface area contributed by atoms with Crippen LogP contribution in [0.3, 0.4) is 0 Å². The Labute approximate surface area is 167 Å². The number of halogens is 6. The van der Waals surface area contributed by atoms with Gasteiger partial charge in [0.25, 0.3) is 0 Å². The quantitative estimate of drug-likeness (QED) is 0.630. The minimum atomic E-state index is -5.46. The van der Waals surface area contributed by atoms with E-state index in [0.717, 1.165) is 45.0 Å². The van der Waals surface area contributed by atoms with Crippen LogP contribution in [0, 0.1) is 17.5 Å². The van der Waals surface area contributed by atoms with E-state index in [1.54, 1.807) is 0 Å². The van der Waals surface area contributed by atoms with E-state index in [-0.39, 0.29) is 5.56 Å². The molecule has 2 aromatic rings. The summed E-state index contributed by atoms with van der Waals surface area (Å²) in [5, 5.41) is 12.4. The van der Waals surface area contributed by atoms with E-state index in [0.29, 0.717) is 0 Å². The molecule has 1 unspecified atom stereocenters. The van der Waals surface area contributed by atoms with E-state index in [1.165, 1.54) is 0 Å². The summed E-state index contributed by atoms with van der Waals surface area (Å²) >= 11 is 0. The van der Waals surface area contributed by atoms with Crippen LogP contribution in [0.25, 0.3) is 11.3 Å². The molecule has 1 aromatic carbocycles. The van der Waals surface area contributed by atoms with Crippen molar-refractivity contribution in [3.63, 3.8) is 0 Å². The number of nitrogens with two attached hydrogens (primary N) is 1. The molecule has 0 saturated carbocycles. The second-order valence-corrected chi connectivity index (χ2v) is 7.19. The molecule has 0 fully saturated rings. The molecule has 1 amide bonds. The first kappa shape index (κ1) is 23.6. The highest BCUT2D eigenvalue weighted by Crippen LogP contribution is 2.42. The van der Waals surface area contributed by atoms with E-state index in [4.69, 9.17) is 5.73 Å². The highest BCUT2D eigenvalue weighted by atomic mass is 19.4. The number of hydrogen-bond acceptors (Lipinski definition) is 4. The molecule has 0 radical (unpaired) electrons. The van der Waals surface area contributed by atoms with E-state index in [9.17, 15) is 27.5 Å². The average molecular weight is 435 g/mol. The van der Waals surface area contributed by atoms with Gasteiger partial charge in [-0.05, 0) is 38.1 Å². The molecule has 30 heavy (non-hydrogen) atoms. The molecule has 1 heterocycles. The fourth-order valence-electron chi connectivity index (χ4n) is 3.01. The normalized spacial score (nSPS) is 14.4. The Morgan fingerprint density at radius 3 is 2.07 bits per heavy atom. The van der Waals surface area contributed by atoms with Gasteiger partial charge >= 0.3 is 6.18 Å². The van der Waals surface area contributed by atoms with Gasteiger partial charge in [-0.25, -0.2) is 18.2 Å². The van der Waals surface area contributed by atoms with E-state index in [1.807, 2.05) is 0 Å². The highest BCUT2D eigenvalue weighted by molar-refractivity contribution is 5.74. The third kappa shape index (κ3) is 4.12. The van der Waals surface area contributed by atoms with Crippen molar-refractivity contribution in [1.82, 2.24) is 10.3 Å². The van der Waals surface area contributed by atoms with Crippen LogP contribution in [0.15, 0.2) is 24.3 Å². The summed E-state index contributed by atoms with van der Waals surface area (Å²) in [6.45, 7) is 1.85. The molecule has 1 atom stereocenters. The minimum Gasteiger partial charge on any atom is -0.374 e. The fraction of sp³-hybridized carbons (Fsp3) is 0.368. The Hall–Kier alpha value is -2.66. The SMILES string of the molecule is CC(=O)NC(C)(C)c1c(F)c(-c2ccc(F)cc2)nc(C(O)(CN)C(F)(F)F)c1F. The third-order valence-corrected chi connectivity index (χ3v) is 4.47. The predicted octanol–water partition coefficient (Wildman–Crippen LogP) is 3.25. The van der Waals surface area contributed by atoms with Crippen LogP contribution in [0.5, 0.6) is 0 Å². The van der Waals surface area contributed by atoms with Gasteiger partial charge in [-0.2, -0.15) is 13.2 Å². The summed E-state index contributed by atoms with van der Waals surface area (Å²) in [5.41, 5.74) is -4.20. The van der Waals surface area contributed by atoms with E-state index >= 15 is 8.78 Å². The number of benzene rings is 1. The van der Waals surface area contributed by atoms with Gasteiger partial charge in [0, 0.05) is 19.0 Å². The summed E-state index contributed by atoms with van der Waals surface area (Å²) in [7, 11) is 0. The monoisotopic (exact) mass is 435 g/mol. The lowest BCUT2D eigenvalue weighted by Gasteiger charge is -2.33. The number of aromatic nitrogens is 1. The van der Waals surface area contributed by atoms with Crippen molar-refractivity contribution in [3.05, 3.63) is 53.0 Å². The molecule has 11 heteroatoms. The maximum absolute atomic E-state index is 15.3. The van der Waals surface area contributed by atoms with Gasteiger partial charge < -0.3 is 16.2 Å². The molecular weight excluding hydrogens is 416 g/mol. The van der Waals surface area contributed by atoms with Gasteiger partial charge in [0.2, 0.25) is 11.5 Å². The average Bonchev–Trinajstić information content (AvgIpc) is 2.60. The molecule has 1 aromatic heterocycles. The predicted molar refractivity (Wildman–Crippen MR) is 95.4 cm³/mol. The van der Waals surface area contributed by atoms with Gasteiger partial charge in [-0.1, -0.05) is 0 Å². The number of nitrogens with zero attached hydrogens (tertiary/aromatic N) is 1. The molecule has 0 aliphatic rings. The molecule has 0 bridgehead atoms. The summed E-state index contributed by atoms with van der Waals surface area (Å²) in [6.07, 6.45) is -5.46. The molecule has 0 saturated heterocycles. The minimum absolute atomic E-state index is 0.184. The van der Waals surface area contributed by atoms with Crippen LogP contribution in [0.1, 0.15) is 32.0 Å². The molecule has 5 nitrogen and oxygen atoms in total. The topological polar surface area (TPSA) is 88.2 Å². The zero-order valence-corrected chi connectivity index (χ0v) is 16.2. The highest BCUT2D eigenvalue weighted by Gasteiger charge is 2.57. The lowest BCUT2D eigenvalue weighted by molar-refractivity contribution is -0.264. The van der Waals surface area contributed by atoms with Crippen molar-refractivity contribution in [2.75, 3.05) is 6.54 Å². The molecule has 0 aliphatic heterocycles. The second kappa shape index (κ2) is 7.88. The van der Waals surface area contributed by atoms with Crippen molar-refractivity contribution in [1.29, 1.82) is 0 Å². The number of hydrogen-bond donors (Lipinski definition) is 3. The number of amides is 1. The van der Waals surface area contributed by atoms with Crippen molar-refractivity contribution >= 4 is 5.91 Å². The van der Waals surface area contributed by atoms with Crippen molar-refractivity contribution in [2.45, 2.75) is 38.1 Å². The number of nitrogens with one attached hydrogen (secondary N) is 1. The summed E-state index contributed by atoms with van der Waals surface area (Å²) in [6, 6.07) is 3.84. The molecule has 0 aliphatic carbocycles. The van der Waals surface area contributed by atoms with Crippen LogP contribution in [-0.2, 0) is 15.9 Å². The summed E-state index contributed by atoms with van der Waals surface area (Å²) < 4.78 is 84.4. The van der Waals surface area contributed by atoms with E-state index < -0.39 is 64.2 Å². The molecule has 164 valence electrons. The van der Waals surface area contributed by atoms with Gasteiger partial charge in [0.1, 0.15) is 17.2 Å². The molecule has 0 spiro atoms. The van der Waals surface area contributed by atoms with Crippen molar-refractivity contribution in [3.8, 4) is 11.3 Å². The molecule has 4 N–H and O–H groups in total. The van der Waals surface area contributed by atoms with Gasteiger partial charge in [-0.3, -0.25) is 4.79 Å². The first-order valence-electron chi connectivity index (χ1n) is 8.59. The smallest absolute Gasteiger partial charge is 0.374 e. The Kier molecular flexibility index (Phi) is 6.20. The molecular formula is C19H19F6N3O2. The van der Waals surface area contributed by atoms with Crippen molar-refractivity contribution < 1.29 is 36.2 Å². The fourth-order valence-corrected chi connectivity index (χ4v) is 3.01. The lowest BCUT2D eigenvalue weighted by atomic mass is 9.87. The zero-order valence-electron chi connectivity index (χ0n) is 16.2. The van der Waals surface area contributed by atoms with Gasteiger partial charge in [0.15, 0.2) is 11.6 Å². The Bertz CT molecular complexity index is 960. The second-order valence-electron chi connectivity index (χ2n) is 7.19. The van der Waals surface area contributed by atoms with Crippen molar-refractivity contribution in [2.24, 2.45) is 5.73 Å². The number of aliphatic hydroxyl groups is 1. The lowest BCUT2D eigenvalue weighted by Crippen LogP contribution is -2.50. The van der Waals surface area contributed by atoms with Crippen LogP contribution >= 0.6 is 0 Å². The van der Waals surface area contributed by atoms with Crippen LogP contribution in [0.2, 0.25) is 0 Å². The Morgan fingerprint density at radius 1 is 1.10 bits per heavy atom. The number of carbonyl (C=O) groups excluding carboxylic acids is 1. The maximum atomic E-state index is 15.3.